The van der Waals surface area contributed by atoms with E-state index < -0.39 is 0 Å². The minimum atomic E-state index is 0.297. The van der Waals surface area contributed by atoms with Gasteiger partial charge >= 0.3 is 0 Å². The van der Waals surface area contributed by atoms with E-state index >= 15 is 0 Å². The van der Waals surface area contributed by atoms with Gasteiger partial charge in [0.1, 0.15) is 5.75 Å². The molecule has 2 heterocycles. The van der Waals surface area contributed by atoms with Crippen molar-refractivity contribution in [2.75, 3.05) is 13.6 Å². The Bertz CT molecular complexity index is 543. The lowest BCUT2D eigenvalue weighted by atomic mass is 9.82. The van der Waals surface area contributed by atoms with Crippen LogP contribution in [0.25, 0.3) is 0 Å². The van der Waals surface area contributed by atoms with Crippen LogP contribution in [-0.2, 0) is 6.54 Å². The molecule has 3 rings (SSSR count). The molecular weight excluding hydrogens is 300 g/mol. The van der Waals surface area contributed by atoms with Gasteiger partial charge in [-0.05, 0) is 57.4 Å². The van der Waals surface area contributed by atoms with Crippen molar-refractivity contribution in [1.29, 1.82) is 0 Å². The monoisotopic (exact) mass is 330 g/mol. The number of aliphatic imine (C=N–C) groups is 1. The third kappa shape index (κ3) is 4.20. The summed E-state index contributed by atoms with van der Waals surface area (Å²) in [4.78, 5) is 7.31. The molecular formula is C19H30N4O. The molecule has 5 nitrogen and oxygen atoms in total. The van der Waals surface area contributed by atoms with Crippen LogP contribution in [0.4, 0.5) is 0 Å². The fourth-order valence-corrected chi connectivity index (χ4v) is 4.02. The SMILES string of the molecule is CCNC(=NCc1ccc(O)cc1)NC1CC2CCCC(C1)N2C. The van der Waals surface area contributed by atoms with Crippen LogP contribution in [-0.4, -0.2) is 47.7 Å². The van der Waals surface area contributed by atoms with Crippen molar-refractivity contribution < 1.29 is 5.11 Å². The van der Waals surface area contributed by atoms with Crippen LogP contribution in [0.1, 0.15) is 44.6 Å². The van der Waals surface area contributed by atoms with E-state index in [9.17, 15) is 5.11 Å². The maximum Gasteiger partial charge on any atom is 0.191 e. The van der Waals surface area contributed by atoms with Gasteiger partial charge in [0, 0.05) is 24.7 Å². The van der Waals surface area contributed by atoms with E-state index in [0.29, 0.717) is 18.3 Å². The van der Waals surface area contributed by atoms with E-state index in [-0.39, 0.29) is 0 Å². The number of fused-ring (bicyclic) bond motifs is 2. The second-order valence-corrected chi connectivity index (χ2v) is 7.08. The maximum absolute atomic E-state index is 9.37. The first-order valence-corrected chi connectivity index (χ1v) is 9.20. The summed E-state index contributed by atoms with van der Waals surface area (Å²) in [5.41, 5.74) is 1.10. The third-order valence-electron chi connectivity index (χ3n) is 5.38. The highest BCUT2D eigenvalue weighted by atomic mass is 16.3. The second-order valence-electron chi connectivity index (χ2n) is 7.08. The lowest BCUT2D eigenvalue weighted by molar-refractivity contribution is 0.0526. The molecule has 0 aromatic heterocycles. The quantitative estimate of drug-likeness (QED) is 0.586. The van der Waals surface area contributed by atoms with E-state index in [0.717, 1.165) is 30.2 Å². The minimum Gasteiger partial charge on any atom is -0.508 e. The van der Waals surface area contributed by atoms with Gasteiger partial charge in [-0.1, -0.05) is 18.6 Å². The molecule has 0 spiro atoms. The highest BCUT2D eigenvalue weighted by molar-refractivity contribution is 5.80. The van der Waals surface area contributed by atoms with Crippen molar-refractivity contribution in [3.63, 3.8) is 0 Å². The lowest BCUT2D eigenvalue weighted by Gasteiger charge is -2.47. The molecule has 2 atom stereocenters. The van der Waals surface area contributed by atoms with Crippen LogP contribution in [0.15, 0.2) is 29.3 Å². The Morgan fingerprint density at radius 3 is 2.50 bits per heavy atom. The summed E-state index contributed by atoms with van der Waals surface area (Å²) in [7, 11) is 2.29. The number of phenols is 1. The number of hydrogen-bond donors (Lipinski definition) is 3. The summed E-state index contributed by atoms with van der Waals surface area (Å²) in [5.74, 6) is 1.20. The molecule has 3 N–H and O–H groups in total. The molecule has 2 bridgehead atoms. The first kappa shape index (κ1) is 17.1. The van der Waals surface area contributed by atoms with Crippen molar-refractivity contribution in [3.05, 3.63) is 29.8 Å². The smallest absolute Gasteiger partial charge is 0.191 e. The van der Waals surface area contributed by atoms with Gasteiger partial charge in [-0.3, -0.25) is 0 Å². The fourth-order valence-electron chi connectivity index (χ4n) is 4.02. The average molecular weight is 330 g/mol. The number of nitrogens with zero attached hydrogens (tertiary/aromatic N) is 2. The van der Waals surface area contributed by atoms with Gasteiger partial charge in [-0.25, -0.2) is 4.99 Å². The van der Waals surface area contributed by atoms with E-state index in [2.05, 4.69) is 29.5 Å². The largest absolute Gasteiger partial charge is 0.508 e. The van der Waals surface area contributed by atoms with Crippen molar-refractivity contribution in [2.24, 2.45) is 4.99 Å². The van der Waals surface area contributed by atoms with E-state index in [4.69, 9.17) is 4.99 Å². The lowest BCUT2D eigenvalue weighted by Crippen LogP contribution is -2.56. The minimum absolute atomic E-state index is 0.297. The summed E-state index contributed by atoms with van der Waals surface area (Å²) in [6, 6.07) is 9.20. The molecule has 0 radical (unpaired) electrons. The molecule has 2 aliphatic rings. The Morgan fingerprint density at radius 2 is 1.88 bits per heavy atom. The van der Waals surface area contributed by atoms with E-state index in [1.54, 1.807) is 12.1 Å². The number of rotatable bonds is 4. The van der Waals surface area contributed by atoms with Gasteiger partial charge in [-0.2, -0.15) is 0 Å². The summed E-state index contributed by atoms with van der Waals surface area (Å²) >= 11 is 0. The Labute approximate surface area is 145 Å². The Hall–Kier alpha value is -1.75. The van der Waals surface area contributed by atoms with Crippen molar-refractivity contribution in [3.8, 4) is 5.75 Å². The highest BCUT2D eigenvalue weighted by Gasteiger charge is 2.36. The van der Waals surface area contributed by atoms with Crippen molar-refractivity contribution in [2.45, 2.75) is 63.7 Å². The number of phenolic OH excluding ortho intramolecular Hbond substituents is 1. The molecule has 2 saturated heterocycles. The van der Waals surface area contributed by atoms with E-state index in [1.807, 2.05) is 12.1 Å². The number of nitrogens with one attached hydrogen (secondary N) is 2. The zero-order valence-corrected chi connectivity index (χ0v) is 14.8. The van der Waals surface area contributed by atoms with Crippen LogP contribution in [0.5, 0.6) is 5.75 Å². The van der Waals surface area contributed by atoms with Crippen molar-refractivity contribution in [1.82, 2.24) is 15.5 Å². The molecule has 1 aromatic rings. The number of guanidine groups is 1. The molecule has 0 aliphatic carbocycles. The number of hydrogen-bond acceptors (Lipinski definition) is 3. The molecule has 132 valence electrons. The molecule has 24 heavy (non-hydrogen) atoms. The Kier molecular flexibility index (Phi) is 5.61. The van der Waals surface area contributed by atoms with Gasteiger partial charge in [0.15, 0.2) is 5.96 Å². The predicted molar refractivity (Wildman–Crippen MR) is 98.3 cm³/mol. The number of piperidine rings is 2. The number of aromatic hydroxyl groups is 1. The van der Waals surface area contributed by atoms with Crippen LogP contribution in [0, 0.1) is 0 Å². The van der Waals surface area contributed by atoms with Gasteiger partial charge in [-0.15, -0.1) is 0 Å². The van der Waals surface area contributed by atoms with Crippen LogP contribution in [0.3, 0.4) is 0 Å². The molecule has 5 heteroatoms. The maximum atomic E-state index is 9.37. The van der Waals surface area contributed by atoms with Crippen LogP contribution >= 0.6 is 0 Å². The first-order valence-electron chi connectivity index (χ1n) is 9.20. The van der Waals surface area contributed by atoms with Gasteiger partial charge in [0.05, 0.1) is 6.54 Å². The Morgan fingerprint density at radius 1 is 1.21 bits per heavy atom. The molecule has 1 aromatic carbocycles. The summed E-state index contributed by atoms with van der Waals surface area (Å²) in [6.07, 6.45) is 6.44. The predicted octanol–water partition coefficient (Wildman–Crippen LogP) is 2.46. The second kappa shape index (κ2) is 7.88. The fraction of sp³-hybridized carbons (Fsp3) is 0.632. The zero-order chi connectivity index (χ0) is 16.9. The zero-order valence-electron chi connectivity index (χ0n) is 14.8. The van der Waals surface area contributed by atoms with Crippen LogP contribution < -0.4 is 10.6 Å². The standard InChI is InChI=1S/C19H30N4O/c1-3-20-19(21-13-14-7-9-18(24)10-8-14)22-15-11-16-5-4-6-17(12-15)23(16)2/h7-10,15-17,24H,3-6,11-13H2,1-2H3,(H2,20,21,22). The molecule has 2 fully saturated rings. The molecule has 0 saturated carbocycles. The highest BCUT2D eigenvalue weighted by Crippen LogP contribution is 2.32. The summed E-state index contributed by atoms with van der Waals surface area (Å²) in [5, 5.41) is 16.4. The molecule has 2 unspecified atom stereocenters. The van der Waals surface area contributed by atoms with E-state index in [1.165, 1.54) is 32.1 Å². The van der Waals surface area contributed by atoms with Gasteiger partial charge in [0.2, 0.25) is 0 Å². The summed E-state index contributed by atoms with van der Waals surface area (Å²) in [6.45, 7) is 3.58. The third-order valence-corrected chi connectivity index (χ3v) is 5.38. The average Bonchev–Trinajstić information content (AvgIpc) is 2.55. The number of benzene rings is 1. The summed E-state index contributed by atoms with van der Waals surface area (Å²) < 4.78 is 0. The first-order chi connectivity index (χ1) is 11.7. The normalized spacial score (nSPS) is 27.8. The van der Waals surface area contributed by atoms with Gasteiger partial charge in [0.25, 0.3) is 0 Å². The topological polar surface area (TPSA) is 59.9 Å². The Balaban J connectivity index is 1.61. The molecule has 0 amide bonds. The van der Waals surface area contributed by atoms with Gasteiger partial charge < -0.3 is 20.6 Å². The van der Waals surface area contributed by atoms with Crippen LogP contribution in [0.2, 0.25) is 0 Å². The van der Waals surface area contributed by atoms with Crippen molar-refractivity contribution >= 4 is 5.96 Å². The molecule has 2 aliphatic heterocycles.